The van der Waals surface area contributed by atoms with Crippen LogP contribution < -0.4 is 9.47 Å². The number of ketones is 2. The number of rotatable bonds is 7. The topological polar surface area (TPSA) is 136 Å². The number of fused-ring (bicyclic) bond motifs is 2. The first-order chi connectivity index (χ1) is 24.9. The summed E-state index contributed by atoms with van der Waals surface area (Å²) >= 11 is 0. The van der Waals surface area contributed by atoms with Gasteiger partial charge in [0, 0.05) is 34.8 Å². The Bertz CT molecular complexity index is 1860. The van der Waals surface area contributed by atoms with Crippen LogP contribution in [-0.2, 0) is 52.2 Å². The first-order valence-electron chi connectivity index (χ1n) is 17.9. The number of Topliss-reactive ketones (excluding diaryl/α,β-unsaturated/α-hetero) is 2. The number of allylic oxidation sites excluding steroid dienone is 2. The van der Waals surface area contributed by atoms with Crippen molar-refractivity contribution >= 4 is 11.6 Å². The van der Waals surface area contributed by atoms with E-state index in [0.29, 0.717) is 74.3 Å². The number of carbonyl (C=O) groups is 2. The van der Waals surface area contributed by atoms with Gasteiger partial charge < -0.3 is 38.6 Å². The molecule has 0 aromatic heterocycles. The van der Waals surface area contributed by atoms with E-state index in [0.717, 1.165) is 22.3 Å². The molecule has 2 aromatic carbocycles. The van der Waals surface area contributed by atoms with Crippen molar-refractivity contribution < 1.29 is 48.2 Å². The van der Waals surface area contributed by atoms with Crippen molar-refractivity contribution in [2.45, 2.75) is 73.3 Å². The number of phenolic OH excluding ortho intramolecular Hbond substituents is 2. The Hall–Kier alpha value is -4.42. The maximum absolute atomic E-state index is 13.9. The molecule has 52 heavy (non-hydrogen) atoms. The Morgan fingerprint density at radius 1 is 0.577 bits per heavy atom. The first kappa shape index (κ1) is 34.7. The van der Waals surface area contributed by atoms with Gasteiger partial charge in [0.2, 0.25) is 23.1 Å². The molecule has 2 N–H and O–H groups in total. The lowest BCUT2D eigenvalue weighted by Crippen LogP contribution is -2.62. The minimum absolute atomic E-state index is 0.0132. The van der Waals surface area contributed by atoms with E-state index in [9.17, 15) is 19.8 Å². The highest BCUT2D eigenvalue weighted by molar-refractivity contribution is 5.99. The fraction of sp³-hybridized carbons (Fsp3) is 0.550. The highest BCUT2D eigenvalue weighted by atomic mass is 16.5. The average Bonchev–Trinajstić information content (AvgIpc) is 3.61. The normalized spacial score (nSPS) is 30.9. The molecule has 2 aliphatic heterocycles. The lowest BCUT2D eigenvalue weighted by Gasteiger charge is -2.56. The zero-order valence-electron chi connectivity index (χ0n) is 31.3. The number of benzene rings is 2. The number of phenols is 2. The number of likely N-dealkylation sites (tertiary alicyclic amines) is 2. The summed E-state index contributed by atoms with van der Waals surface area (Å²) in [5, 5.41) is 24.4. The van der Waals surface area contributed by atoms with Crippen LogP contribution in [0.5, 0.6) is 23.0 Å². The van der Waals surface area contributed by atoms with Gasteiger partial charge >= 0.3 is 0 Å². The quantitative estimate of drug-likeness (QED) is 0.424. The van der Waals surface area contributed by atoms with Crippen LogP contribution in [0.4, 0.5) is 0 Å². The molecule has 278 valence electrons. The summed E-state index contributed by atoms with van der Waals surface area (Å²) in [5.74, 6) is 1.68. The number of aromatic hydroxyl groups is 2. The minimum atomic E-state index is -0.833. The number of carbonyl (C=O) groups excluding carboxylic acids is 2. The van der Waals surface area contributed by atoms with Crippen LogP contribution in [0.3, 0.4) is 0 Å². The van der Waals surface area contributed by atoms with Crippen LogP contribution in [0.25, 0.3) is 11.1 Å². The van der Waals surface area contributed by atoms with Crippen molar-refractivity contribution in [3.8, 4) is 34.1 Å². The minimum Gasteiger partial charge on any atom is -0.504 e. The van der Waals surface area contributed by atoms with Crippen LogP contribution in [0.1, 0.15) is 60.8 Å². The summed E-state index contributed by atoms with van der Waals surface area (Å²) in [7, 11) is 13.3. The number of nitrogens with zero attached hydrogens (tertiary/aromatic N) is 2. The molecule has 6 aliphatic rings. The number of hydrogen-bond acceptors (Lipinski definition) is 12. The van der Waals surface area contributed by atoms with E-state index < -0.39 is 21.9 Å². The second-order valence-corrected chi connectivity index (χ2v) is 15.2. The number of ether oxygens (including phenoxy) is 6. The Kier molecular flexibility index (Phi) is 7.69. The monoisotopic (exact) mass is 716 g/mol. The zero-order valence-corrected chi connectivity index (χ0v) is 31.3. The van der Waals surface area contributed by atoms with E-state index in [1.165, 1.54) is 28.4 Å². The molecule has 2 heterocycles. The van der Waals surface area contributed by atoms with Gasteiger partial charge in [0.15, 0.2) is 34.5 Å². The molecule has 4 aliphatic carbocycles. The van der Waals surface area contributed by atoms with E-state index >= 15 is 0 Å². The fourth-order valence-corrected chi connectivity index (χ4v) is 12.0. The van der Waals surface area contributed by atoms with Crippen molar-refractivity contribution in [1.29, 1.82) is 0 Å². The van der Waals surface area contributed by atoms with Crippen LogP contribution in [0.15, 0.2) is 35.2 Å². The standard InChI is InChI=1S/C40H48N2O10/c1-41-15-13-37-19-25(43)33(49-5)35(51-7)39(37,41)11-9-21-23(17-27(47-3)31(45)29(21)37)24-18-28(48-4)32(46)30-22(24)10-12-40-36(52-8)34(50-6)26(44)20-38(30,40)14-16-42(40)2/h17-18,45-46H,9-16,19-20H2,1-8H3/t37-,38-,39+,40+/m0/s1. The summed E-state index contributed by atoms with van der Waals surface area (Å²) < 4.78 is 35.3. The van der Waals surface area contributed by atoms with Gasteiger partial charge in [-0.2, -0.15) is 0 Å². The van der Waals surface area contributed by atoms with Crippen LogP contribution in [-0.4, -0.2) is 113 Å². The second kappa shape index (κ2) is 11.5. The van der Waals surface area contributed by atoms with Crippen molar-refractivity contribution in [2.24, 2.45) is 0 Å². The van der Waals surface area contributed by atoms with Gasteiger partial charge in [-0.05, 0) is 100 Å². The molecule has 0 amide bonds. The van der Waals surface area contributed by atoms with Crippen LogP contribution >= 0.6 is 0 Å². The zero-order chi connectivity index (χ0) is 37.1. The Balaban J connectivity index is 1.44. The molecule has 2 saturated heterocycles. The number of methoxy groups -OCH3 is 6. The summed E-state index contributed by atoms with van der Waals surface area (Å²) in [4.78, 5) is 32.3. The SMILES string of the molecule is COC1=C(OC)[C@]23CCc4c(-c5cc(OC)c(O)c6c5CC[C@@]57C(OC)=C(OC)C(=O)C[C@@]65CCN7C)cc(OC)c(O)c4[C@]2(CCN3C)CC1=O. The molecule has 12 nitrogen and oxygen atoms in total. The van der Waals surface area contributed by atoms with Gasteiger partial charge in [-0.25, -0.2) is 0 Å². The lowest BCUT2D eigenvalue weighted by atomic mass is 9.52. The predicted molar refractivity (Wildman–Crippen MR) is 190 cm³/mol. The van der Waals surface area contributed by atoms with Gasteiger partial charge in [0.25, 0.3) is 0 Å². The smallest absolute Gasteiger partial charge is 0.201 e. The molecule has 2 fully saturated rings. The Labute approximate surface area is 303 Å². The van der Waals surface area contributed by atoms with Gasteiger partial charge in [-0.1, -0.05) is 0 Å². The van der Waals surface area contributed by atoms with Crippen molar-refractivity contribution in [1.82, 2.24) is 9.80 Å². The fourth-order valence-electron chi connectivity index (χ4n) is 12.0. The van der Waals surface area contributed by atoms with Crippen LogP contribution in [0.2, 0.25) is 0 Å². The Morgan fingerprint density at radius 3 is 1.29 bits per heavy atom. The van der Waals surface area contributed by atoms with E-state index in [4.69, 9.17) is 28.4 Å². The summed E-state index contributed by atoms with van der Waals surface area (Å²) in [6.45, 7) is 1.35. The third-order valence-corrected chi connectivity index (χ3v) is 14.0. The van der Waals surface area contributed by atoms with Gasteiger partial charge in [0.05, 0.1) is 53.7 Å². The van der Waals surface area contributed by atoms with Gasteiger partial charge in [-0.15, -0.1) is 0 Å². The average molecular weight is 717 g/mol. The van der Waals surface area contributed by atoms with Gasteiger partial charge in [0.1, 0.15) is 0 Å². The third kappa shape index (κ3) is 3.74. The maximum atomic E-state index is 13.9. The van der Waals surface area contributed by atoms with E-state index in [1.807, 2.05) is 26.2 Å². The molecule has 8 rings (SSSR count). The molecular formula is C40H48N2O10. The molecule has 0 unspecified atom stereocenters. The van der Waals surface area contributed by atoms with Crippen molar-refractivity contribution in [2.75, 3.05) is 69.8 Å². The summed E-state index contributed by atoms with van der Waals surface area (Å²) in [6.07, 6.45) is 3.81. The molecule has 0 spiro atoms. The maximum Gasteiger partial charge on any atom is 0.201 e. The van der Waals surface area contributed by atoms with E-state index in [2.05, 4.69) is 9.80 Å². The highest BCUT2D eigenvalue weighted by Gasteiger charge is 2.70. The molecule has 12 heteroatoms. The number of likely N-dealkylation sites (N-methyl/N-ethyl adjacent to an activating group) is 2. The lowest BCUT2D eigenvalue weighted by molar-refractivity contribution is -0.125. The second-order valence-electron chi connectivity index (χ2n) is 15.2. The molecule has 0 radical (unpaired) electrons. The van der Waals surface area contributed by atoms with Crippen LogP contribution in [0, 0.1) is 0 Å². The summed E-state index contributed by atoms with van der Waals surface area (Å²) in [5.41, 5.74) is 1.73. The largest absolute Gasteiger partial charge is 0.504 e. The first-order valence-corrected chi connectivity index (χ1v) is 17.9. The molecular weight excluding hydrogens is 668 g/mol. The molecule has 4 atom stereocenters. The molecule has 0 saturated carbocycles. The summed E-state index contributed by atoms with van der Waals surface area (Å²) in [6, 6.07) is 3.74. The highest BCUT2D eigenvalue weighted by Crippen LogP contribution is 2.68. The van der Waals surface area contributed by atoms with Crippen molar-refractivity contribution in [3.63, 3.8) is 0 Å². The number of hydrogen-bond donors (Lipinski definition) is 2. The molecule has 0 bridgehead atoms. The Morgan fingerprint density at radius 2 is 0.962 bits per heavy atom. The van der Waals surface area contributed by atoms with Crippen molar-refractivity contribution in [3.05, 3.63) is 57.4 Å². The predicted octanol–water partition coefficient (Wildman–Crippen LogP) is 4.25. The van der Waals surface area contributed by atoms with Gasteiger partial charge in [-0.3, -0.25) is 19.4 Å². The van der Waals surface area contributed by atoms with E-state index in [-0.39, 0.29) is 58.9 Å². The third-order valence-electron chi connectivity index (χ3n) is 14.0. The molecule has 2 aromatic rings. The van der Waals surface area contributed by atoms with E-state index in [1.54, 1.807) is 14.2 Å².